The standard InChI is InChI=1S/C26H29N3O5/c1-29(2)7-6-27-26(31)19-8-15-11-24(33-4)25(34-5)12-17(15)20-14-28-21-13-23(32-3)22(30)10-16(21)9-18(19)20/h8,10-14,30H,6-7,9H2,1-5H3,(H,27,31). The number of phenolic OH excluding ortho intramolecular Hbond substituents is 1. The Morgan fingerprint density at radius 1 is 1.03 bits per heavy atom. The molecular weight excluding hydrogens is 434 g/mol. The lowest BCUT2D eigenvalue weighted by Crippen LogP contribution is -2.32. The van der Waals surface area contributed by atoms with Gasteiger partial charge in [-0.1, -0.05) is 0 Å². The Kier molecular flexibility index (Phi) is 6.61. The fraction of sp³-hybridized carbons (Fsp3) is 0.308. The zero-order valence-corrected chi connectivity index (χ0v) is 20.1. The number of hydrogen-bond acceptors (Lipinski definition) is 7. The Balaban J connectivity index is 1.92. The maximum absolute atomic E-state index is 13.3. The van der Waals surface area contributed by atoms with Crippen molar-refractivity contribution < 1.29 is 24.1 Å². The van der Waals surface area contributed by atoms with Crippen molar-refractivity contribution in [2.45, 2.75) is 6.42 Å². The number of nitrogens with zero attached hydrogens (tertiary/aromatic N) is 2. The fourth-order valence-corrected chi connectivity index (χ4v) is 4.18. The summed E-state index contributed by atoms with van der Waals surface area (Å²) in [7, 11) is 8.60. The number of hydrogen-bond donors (Lipinski definition) is 2. The molecular formula is C26H29N3O5. The molecule has 1 heterocycles. The van der Waals surface area contributed by atoms with E-state index in [0.29, 0.717) is 41.5 Å². The number of ether oxygens (including phenoxy) is 3. The molecule has 0 radical (unpaired) electrons. The van der Waals surface area contributed by atoms with Crippen LogP contribution in [0.2, 0.25) is 0 Å². The largest absolute Gasteiger partial charge is 0.504 e. The predicted molar refractivity (Wildman–Crippen MR) is 133 cm³/mol. The van der Waals surface area contributed by atoms with E-state index < -0.39 is 0 Å². The van der Waals surface area contributed by atoms with Gasteiger partial charge in [-0.25, -0.2) is 0 Å². The normalized spacial score (nSPS) is 12.2. The van der Waals surface area contributed by atoms with Gasteiger partial charge in [-0.2, -0.15) is 0 Å². The third kappa shape index (κ3) is 4.36. The number of benzene rings is 3. The van der Waals surface area contributed by atoms with Gasteiger partial charge in [-0.05, 0) is 60.3 Å². The van der Waals surface area contributed by atoms with Crippen LogP contribution in [0.25, 0.3) is 10.8 Å². The molecule has 0 aromatic heterocycles. The van der Waals surface area contributed by atoms with Crippen LogP contribution >= 0.6 is 0 Å². The number of carbonyl (C=O) groups is 1. The molecule has 178 valence electrons. The first kappa shape index (κ1) is 23.4. The van der Waals surface area contributed by atoms with Crippen LogP contribution in [0, 0.1) is 0 Å². The minimum Gasteiger partial charge on any atom is -0.504 e. The van der Waals surface area contributed by atoms with Crippen LogP contribution in [0.3, 0.4) is 0 Å². The molecule has 3 aromatic carbocycles. The van der Waals surface area contributed by atoms with Crippen molar-refractivity contribution in [2.24, 2.45) is 4.99 Å². The van der Waals surface area contributed by atoms with Crippen molar-refractivity contribution in [1.82, 2.24) is 10.2 Å². The number of aliphatic imine (C=N–C) groups is 1. The van der Waals surface area contributed by atoms with Crippen molar-refractivity contribution >= 4 is 28.6 Å². The van der Waals surface area contributed by atoms with Crippen LogP contribution in [0.4, 0.5) is 5.69 Å². The van der Waals surface area contributed by atoms with Gasteiger partial charge in [0.25, 0.3) is 5.91 Å². The molecule has 0 unspecified atom stereocenters. The zero-order chi connectivity index (χ0) is 24.4. The maximum Gasteiger partial charge on any atom is 0.251 e. The monoisotopic (exact) mass is 463 g/mol. The molecule has 34 heavy (non-hydrogen) atoms. The van der Waals surface area contributed by atoms with E-state index in [-0.39, 0.29) is 11.7 Å². The second-order valence-corrected chi connectivity index (χ2v) is 8.39. The lowest BCUT2D eigenvalue weighted by molar-refractivity contribution is 0.0950. The maximum atomic E-state index is 13.3. The van der Waals surface area contributed by atoms with Crippen LogP contribution in [0.1, 0.15) is 27.0 Å². The molecule has 4 rings (SSSR count). The summed E-state index contributed by atoms with van der Waals surface area (Å²) in [5, 5.41) is 15.1. The van der Waals surface area contributed by atoms with Crippen molar-refractivity contribution in [3.05, 3.63) is 52.6 Å². The van der Waals surface area contributed by atoms with Gasteiger partial charge in [0.15, 0.2) is 23.0 Å². The Labute approximate surface area is 198 Å². The van der Waals surface area contributed by atoms with Crippen LogP contribution in [-0.4, -0.2) is 70.6 Å². The van der Waals surface area contributed by atoms with Crippen molar-refractivity contribution in [1.29, 1.82) is 0 Å². The Morgan fingerprint density at radius 3 is 2.41 bits per heavy atom. The van der Waals surface area contributed by atoms with Gasteiger partial charge < -0.3 is 29.5 Å². The third-order valence-electron chi connectivity index (χ3n) is 5.97. The van der Waals surface area contributed by atoms with Gasteiger partial charge in [-0.15, -0.1) is 0 Å². The molecule has 1 aliphatic rings. The van der Waals surface area contributed by atoms with Crippen molar-refractivity contribution in [2.75, 3.05) is 48.5 Å². The van der Waals surface area contributed by atoms with Crippen LogP contribution in [0.5, 0.6) is 23.0 Å². The molecule has 8 nitrogen and oxygen atoms in total. The lowest BCUT2D eigenvalue weighted by Gasteiger charge is -2.18. The van der Waals surface area contributed by atoms with E-state index in [0.717, 1.165) is 34.0 Å². The Bertz CT molecular complexity index is 1280. The predicted octanol–water partition coefficient (Wildman–Crippen LogP) is 3.52. The van der Waals surface area contributed by atoms with Gasteiger partial charge >= 0.3 is 0 Å². The SMILES string of the molecule is COc1cc2c(cc1O)Cc1c(C(=O)NCCN(C)C)cc3cc(OC)c(OC)cc3c1C=N2. The molecule has 8 heteroatoms. The second-order valence-electron chi connectivity index (χ2n) is 8.39. The van der Waals surface area contributed by atoms with Gasteiger partial charge in [0.2, 0.25) is 0 Å². The first-order chi connectivity index (χ1) is 16.4. The number of aromatic hydroxyl groups is 1. The van der Waals surface area contributed by atoms with Crippen LogP contribution in [-0.2, 0) is 6.42 Å². The minimum absolute atomic E-state index is 0.0316. The highest BCUT2D eigenvalue weighted by atomic mass is 16.5. The Morgan fingerprint density at radius 2 is 1.74 bits per heavy atom. The molecule has 3 aromatic rings. The van der Waals surface area contributed by atoms with E-state index in [2.05, 4.69) is 10.3 Å². The van der Waals surface area contributed by atoms with Crippen molar-refractivity contribution in [3.63, 3.8) is 0 Å². The molecule has 1 amide bonds. The molecule has 0 aliphatic carbocycles. The molecule has 2 N–H and O–H groups in total. The number of methoxy groups -OCH3 is 3. The number of amides is 1. The number of fused-ring (bicyclic) bond motifs is 4. The molecule has 0 spiro atoms. The molecule has 0 saturated carbocycles. The summed E-state index contributed by atoms with van der Waals surface area (Å²) >= 11 is 0. The first-order valence-electron chi connectivity index (χ1n) is 10.9. The third-order valence-corrected chi connectivity index (χ3v) is 5.97. The average molecular weight is 464 g/mol. The molecule has 0 fully saturated rings. The average Bonchev–Trinajstić information content (AvgIpc) is 3.00. The van der Waals surface area contributed by atoms with Gasteiger partial charge in [0, 0.05) is 42.9 Å². The molecule has 0 atom stereocenters. The summed E-state index contributed by atoms with van der Waals surface area (Å²) in [6.07, 6.45) is 2.19. The molecule has 1 aliphatic heterocycles. The van der Waals surface area contributed by atoms with Gasteiger partial charge in [-0.3, -0.25) is 9.79 Å². The van der Waals surface area contributed by atoms with E-state index in [1.54, 1.807) is 32.6 Å². The van der Waals surface area contributed by atoms with Crippen LogP contribution < -0.4 is 19.5 Å². The quantitative estimate of drug-likeness (QED) is 0.436. The smallest absolute Gasteiger partial charge is 0.251 e. The summed E-state index contributed by atoms with van der Waals surface area (Å²) in [5.74, 6) is 1.39. The van der Waals surface area contributed by atoms with Gasteiger partial charge in [0.1, 0.15) is 0 Å². The fourth-order valence-electron chi connectivity index (χ4n) is 4.18. The highest BCUT2D eigenvalue weighted by Gasteiger charge is 2.23. The van der Waals surface area contributed by atoms with E-state index >= 15 is 0 Å². The van der Waals surface area contributed by atoms with E-state index in [1.807, 2.05) is 37.2 Å². The summed E-state index contributed by atoms with van der Waals surface area (Å²) < 4.78 is 16.3. The second kappa shape index (κ2) is 9.61. The highest BCUT2D eigenvalue weighted by Crippen LogP contribution is 2.40. The Hall–Kier alpha value is -3.78. The number of rotatable bonds is 7. The molecule has 0 bridgehead atoms. The number of likely N-dealkylation sites (N-methyl/N-ethyl adjacent to an activating group) is 1. The first-order valence-corrected chi connectivity index (χ1v) is 10.9. The molecule has 0 saturated heterocycles. The van der Waals surface area contributed by atoms with E-state index in [4.69, 9.17) is 14.2 Å². The lowest BCUT2D eigenvalue weighted by atomic mass is 9.90. The summed E-state index contributed by atoms with van der Waals surface area (Å²) in [4.78, 5) is 20.0. The van der Waals surface area contributed by atoms with E-state index in [9.17, 15) is 9.90 Å². The topological polar surface area (TPSA) is 92.6 Å². The highest BCUT2D eigenvalue weighted by molar-refractivity contribution is 6.10. The van der Waals surface area contributed by atoms with E-state index in [1.165, 1.54) is 7.11 Å². The van der Waals surface area contributed by atoms with Crippen molar-refractivity contribution in [3.8, 4) is 23.0 Å². The summed E-state index contributed by atoms with van der Waals surface area (Å²) in [6, 6.07) is 9.00. The summed E-state index contributed by atoms with van der Waals surface area (Å²) in [6.45, 7) is 1.25. The number of nitrogens with one attached hydrogen (secondary N) is 1. The van der Waals surface area contributed by atoms with Gasteiger partial charge in [0.05, 0.1) is 27.0 Å². The minimum atomic E-state index is -0.163. The van der Waals surface area contributed by atoms with Crippen LogP contribution in [0.15, 0.2) is 35.3 Å². The number of carbonyl (C=O) groups excluding carboxylic acids is 1. The summed E-state index contributed by atoms with van der Waals surface area (Å²) in [5.41, 5.74) is 3.69. The zero-order valence-electron chi connectivity index (χ0n) is 20.1. The number of phenols is 1.